The molecule has 1 N–H and O–H groups in total. The van der Waals surface area contributed by atoms with Gasteiger partial charge in [0.25, 0.3) is 5.91 Å². The molecule has 0 aliphatic rings. The topological polar surface area (TPSA) is 81.5 Å². The molecule has 138 valence electrons. The highest BCUT2D eigenvalue weighted by Gasteiger charge is 2.22. The molecule has 2 atom stereocenters. The number of para-hydroxylation sites is 1. The number of halogens is 1. The average Bonchev–Trinajstić information content (AvgIpc) is 2.62. The van der Waals surface area contributed by atoms with Crippen LogP contribution in [-0.4, -0.2) is 16.9 Å². The lowest BCUT2D eigenvalue weighted by Gasteiger charge is -2.18. The molecule has 0 aromatic heterocycles. The van der Waals surface area contributed by atoms with E-state index in [-0.39, 0.29) is 22.4 Å². The Hall–Kier alpha value is -2.60. The zero-order valence-electron chi connectivity index (χ0n) is 14.9. The highest BCUT2D eigenvalue weighted by molar-refractivity contribution is 6.30. The van der Waals surface area contributed by atoms with Gasteiger partial charge in [0.15, 0.2) is 11.9 Å². The predicted molar refractivity (Wildman–Crippen MR) is 102 cm³/mol. The number of nitro groups is 1. The summed E-state index contributed by atoms with van der Waals surface area (Å²) in [6.07, 6.45) is 0.0236. The van der Waals surface area contributed by atoms with Gasteiger partial charge in [-0.2, -0.15) is 0 Å². The van der Waals surface area contributed by atoms with Crippen molar-refractivity contribution in [2.24, 2.45) is 0 Å². The number of ether oxygens (including phenoxy) is 1. The number of nitrogens with one attached hydrogen (secondary N) is 1. The van der Waals surface area contributed by atoms with Crippen molar-refractivity contribution >= 4 is 28.9 Å². The minimum atomic E-state index is -0.917. The van der Waals surface area contributed by atoms with E-state index in [2.05, 4.69) is 19.2 Å². The zero-order valence-corrected chi connectivity index (χ0v) is 15.6. The number of hydrogen-bond donors (Lipinski definition) is 1. The average molecular weight is 377 g/mol. The van der Waals surface area contributed by atoms with Gasteiger partial charge in [0.05, 0.1) is 4.92 Å². The SMILES string of the molecule is CC[C@H](C)c1ccccc1NC(=O)[C@@H](C)Oc1ccc(Cl)cc1[N+](=O)[O-]. The lowest BCUT2D eigenvalue weighted by Crippen LogP contribution is -2.30. The first kappa shape index (κ1) is 19.7. The smallest absolute Gasteiger partial charge is 0.312 e. The molecule has 2 aromatic rings. The van der Waals surface area contributed by atoms with E-state index < -0.39 is 11.0 Å². The molecule has 0 spiro atoms. The number of benzene rings is 2. The van der Waals surface area contributed by atoms with Crippen molar-refractivity contribution in [3.63, 3.8) is 0 Å². The van der Waals surface area contributed by atoms with Crippen LogP contribution in [0.4, 0.5) is 11.4 Å². The molecular formula is C19H21ClN2O4. The highest BCUT2D eigenvalue weighted by atomic mass is 35.5. The Morgan fingerprint density at radius 2 is 1.96 bits per heavy atom. The van der Waals surface area contributed by atoms with E-state index in [1.54, 1.807) is 6.92 Å². The van der Waals surface area contributed by atoms with Crippen LogP contribution in [-0.2, 0) is 4.79 Å². The number of carbonyl (C=O) groups is 1. The van der Waals surface area contributed by atoms with E-state index in [9.17, 15) is 14.9 Å². The Labute approximate surface area is 157 Å². The molecule has 0 bridgehead atoms. The summed E-state index contributed by atoms with van der Waals surface area (Å²) in [6, 6.07) is 11.6. The molecule has 0 fully saturated rings. The minimum Gasteiger partial charge on any atom is -0.474 e. The van der Waals surface area contributed by atoms with Crippen molar-refractivity contribution in [2.75, 3.05) is 5.32 Å². The number of nitrogens with zero attached hydrogens (tertiary/aromatic N) is 1. The third kappa shape index (κ3) is 4.73. The van der Waals surface area contributed by atoms with Crippen molar-refractivity contribution in [2.45, 2.75) is 39.2 Å². The van der Waals surface area contributed by atoms with E-state index in [0.717, 1.165) is 12.0 Å². The van der Waals surface area contributed by atoms with Gasteiger partial charge in [0, 0.05) is 16.8 Å². The Balaban J connectivity index is 2.16. The molecule has 0 saturated heterocycles. The molecule has 6 nitrogen and oxygen atoms in total. The minimum absolute atomic E-state index is 0.00254. The van der Waals surface area contributed by atoms with Crippen LogP contribution in [0.15, 0.2) is 42.5 Å². The number of rotatable bonds is 7. The first-order chi connectivity index (χ1) is 12.3. The molecule has 0 aliphatic heterocycles. The van der Waals surface area contributed by atoms with Gasteiger partial charge in [0.2, 0.25) is 0 Å². The van der Waals surface area contributed by atoms with Crippen LogP contribution >= 0.6 is 11.6 Å². The molecule has 0 heterocycles. The quantitative estimate of drug-likeness (QED) is 0.534. The Morgan fingerprint density at radius 1 is 1.27 bits per heavy atom. The third-order valence-electron chi connectivity index (χ3n) is 4.15. The summed E-state index contributed by atoms with van der Waals surface area (Å²) >= 11 is 5.79. The monoisotopic (exact) mass is 376 g/mol. The summed E-state index contributed by atoms with van der Waals surface area (Å²) in [5, 5.41) is 14.2. The Morgan fingerprint density at radius 3 is 2.62 bits per heavy atom. The van der Waals surface area contributed by atoms with Gasteiger partial charge in [-0.25, -0.2) is 0 Å². The molecule has 26 heavy (non-hydrogen) atoms. The molecule has 2 rings (SSSR count). The van der Waals surface area contributed by atoms with E-state index in [1.807, 2.05) is 24.3 Å². The van der Waals surface area contributed by atoms with Crippen LogP contribution in [0, 0.1) is 10.1 Å². The maximum atomic E-state index is 12.5. The van der Waals surface area contributed by atoms with Gasteiger partial charge in [-0.15, -0.1) is 0 Å². The van der Waals surface area contributed by atoms with Crippen molar-refractivity contribution in [3.05, 3.63) is 63.2 Å². The number of hydrogen-bond acceptors (Lipinski definition) is 4. The van der Waals surface area contributed by atoms with Crippen LogP contribution < -0.4 is 10.1 Å². The van der Waals surface area contributed by atoms with Gasteiger partial charge in [-0.05, 0) is 43.0 Å². The second-order valence-electron chi connectivity index (χ2n) is 6.02. The van der Waals surface area contributed by atoms with Gasteiger partial charge in [0.1, 0.15) is 0 Å². The molecule has 0 aliphatic carbocycles. The maximum Gasteiger partial charge on any atom is 0.312 e. The van der Waals surface area contributed by atoms with E-state index in [1.165, 1.54) is 18.2 Å². The molecule has 0 saturated carbocycles. The zero-order chi connectivity index (χ0) is 19.3. The summed E-state index contributed by atoms with van der Waals surface area (Å²) in [4.78, 5) is 23.0. The Kier molecular flexibility index (Phi) is 6.58. The number of carbonyl (C=O) groups excluding carboxylic acids is 1. The van der Waals surface area contributed by atoms with E-state index in [4.69, 9.17) is 16.3 Å². The van der Waals surface area contributed by atoms with Crippen LogP contribution in [0.25, 0.3) is 0 Å². The van der Waals surface area contributed by atoms with Crippen LogP contribution in [0.1, 0.15) is 38.7 Å². The summed E-state index contributed by atoms with van der Waals surface area (Å²) in [5.41, 5.74) is 1.47. The van der Waals surface area contributed by atoms with E-state index in [0.29, 0.717) is 11.6 Å². The lowest BCUT2D eigenvalue weighted by molar-refractivity contribution is -0.386. The molecule has 7 heteroatoms. The maximum absolute atomic E-state index is 12.5. The van der Waals surface area contributed by atoms with Gasteiger partial charge >= 0.3 is 5.69 Å². The molecule has 0 unspecified atom stereocenters. The normalized spacial score (nSPS) is 12.9. The second kappa shape index (κ2) is 8.67. The third-order valence-corrected chi connectivity index (χ3v) is 4.39. The highest BCUT2D eigenvalue weighted by Crippen LogP contribution is 2.31. The van der Waals surface area contributed by atoms with Crippen molar-refractivity contribution < 1.29 is 14.5 Å². The van der Waals surface area contributed by atoms with Gasteiger partial charge < -0.3 is 10.1 Å². The lowest BCUT2D eigenvalue weighted by atomic mass is 9.97. The van der Waals surface area contributed by atoms with Gasteiger partial charge in [-0.1, -0.05) is 43.6 Å². The Bertz CT molecular complexity index is 810. The number of anilines is 1. The number of nitro benzene ring substituents is 1. The predicted octanol–water partition coefficient (Wildman–Crippen LogP) is 5.17. The first-order valence-corrected chi connectivity index (χ1v) is 8.71. The fraction of sp³-hybridized carbons (Fsp3) is 0.316. The summed E-state index contributed by atoms with van der Waals surface area (Å²) in [7, 11) is 0. The molecule has 2 aromatic carbocycles. The van der Waals surface area contributed by atoms with Crippen molar-refractivity contribution in [1.29, 1.82) is 0 Å². The molecule has 0 radical (unpaired) electrons. The summed E-state index contributed by atoms with van der Waals surface area (Å²) < 4.78 is 5.51. The fourth-order valence-corrected chi connectivity index (χ4v) is 2.64. The largest absolute Gasteiger partial charge is 0.474 e. The van der Waals surface area contributed by atoms with Gasteiger partial charge in [-0.3, -0.25) is 14.9 Å². The first-order valence-electron chi connectivity index (χ1n) is 8.33. The van der Waals surface area contributed by atoms with Crippen LogP contribution in [0.5, 0.6) is 5.75 Å². The van der Waals surface area contributed by atoms with E-state index >= 15 is 0 Å². The second-order valence-corrected chi connectivity index (χ2v) is 6.45. The summed E-state index contributed by atoms with van der Waals surface area (Å²) in [5.74, 6) is -0.0951. The fourth-order valence-electron chi connectivity index (χ4n) is 2.47. The molecular weight excluding hydrogens is 356 g/mol. The van der Waals surface area contributed by atoms with Crippen molar-refractivity contribution in [3.8, 4) is 5.75 Å². The molecule has 1 amide bonds. The van der Waals surface area contributed by atoms with Crippen molar-refractivity contribution in [1.82, 2.24) is 0 Å². The number of amides is 1. The van der Waals surface area contributed by atoms with Crippen LogP contribution in [0.2, 0.25) is 5.02 Å². The standard InChI is InChI=1S/C19H21ClN2O4/c1-4-12(2)15-7-5-6-8-16(15)21-19(23)13(3)26-18-10-9-14(20)11-17(18)22(24)25/h5-13H,4H2,1-3H3,(H,21,23)/t12-,13+/m0/s1. The van der Waals surface area contributed by atoms with Crippen LogP contribution in [0.3, 0.4) is 0 Å². The summed E-state index contributed by atoms with van der Waals surface area (Å²) in [6.45, 7) is 5.70.